The van der Waals surface area contributed by atoms with Gasteiger partial charge in [0.05, 0.1) is 0 Å². The number of nitrogens with zero attached hydrogens (tertiary/aromatic N) is 1. The predicted molar refractivity (Wildman–Crippen MR) is 89.5 cm³/mol. The van der Waals surface area contributed by atoms with Crippen LogP contribution in [0.25, 0.3) is 0 Å². The molecule has 1 aromatic carbocycles. The minimum Gasteiger partial charge on any atom is -0.480 e. The van der Waals surface area contributed by atoms with Crippen molar-refractivity contribution in [3.8, 4) is 0 Å². The Hall–Kier alpha value is -1.24. The molecule has 1 unspecified atom stereocenters. The van der Waals surface area contributed by atoms with Gasteiger partial charge in [-0.05, 0) is 31.2 Å². The number of benzene rings is 1. The van der Waals surface area contributed by atoms with Crippen LogP contribution in [0.4, 0.5) is 0 Å². The molecule has 0 aromatic heterocycles. The number of halogens is 1. The van der Waals surface area contributed by atoms with Crippen LogP contribution >= 0.6 is 23.4 Å². The smallest absolute Gasteiger partial charge is 0.320 e. The van der Waals surface area contributed by atoms with Crippen LogP contribution in [0.1, 0.15) is 13.8 Å². The van der Waals surface area contributed by atoms with Crippen molar-refractivity contribution in [3.05, 3.63) is 29.3 Å². The van der Waals surface area contributed by atoms with E-state index in [0.29, 0.717) is 24.7 Å². The second kappa shape index (κ2) is 9.71. The Labute approximate surface area is 140 Å². The molecule has 5 nitrogen and oxygen atoms in total. The number of thioether (sulfide) groups is 1. The summed E-state index contributed by atoms with van der Waals surface area (Å²) < 4.78 is 0. The minimum atomic E-state index is -0.862. The molecule has 0 heterocycles. The molecule has 0 aliphatic rings. The van der Waals surface area contributed by atoms with Crippen LogP contribution in [0.3, 0.4) is 0 Å². The molecule has 7 heteroatoms. The van der Waals surface area contributed by atoms with E-state index in [0.717, 1.165) is 10.6 Å². The van der Waals surface area contributed by atoms with Gasteiger partial charge in [0, 0.05) is 42.2 Å². The third-order valence-corrected chi connectivity index (χ3v) is 4.38. The zero-order valence-corrected chi connectivity index (χ0v) is 14.3. The van der Waals surface area contributed by atoms with E-state index in [1.54, 1.807) is 18.7 Å². The van der Waals surface area contributed by atoms with Crippen molar-refractivity contribution in [2.45, 2.75) is 24.8 Å². The van der Waals surface area contributed by atoms with Crippen molar-refractivity contribution in [1.82, 2.24) is 10.2 Å². The van der Waals surface area contributed by atoms with Crippen molar-refractivity contribution in [2.75, 3.05) is 25.4 Å². The summed E-state index contributed by atoms with van der Waals surface area (Å²) in [5.74, 6) is -0.211. The molecular weight excluding hydrogens is 324 g/mol. The molecule has 0 saturated heterocycles. The molecule has 0 spiro atoms. The van der Waals surface area contributed by atoms with E-state index < -0.39 is 12.0 Å². The second-order valence-corrected chi connectivity index (χ2v) is 6.44. The molecule has 0 bridgehead atoms. The van der Waals surface area contributed by atoms with E-state index in [9.17, 15) is 9.59 Å². The highest BCUT2D eigenvalue weighted by molar-refractivity contribution is 7.99. The van der Waals surface area contributed by atoms with Crippen LogP contribution in [0, 0.1) is 0 Å². The third kappa shape index (κ3) is 7.15. The first-order valence-electron chi connectivity index (χ1n) is 7.00. The second-order valence-electron chi connectivity index (χ2n) is 4.84. The van der Waals surface area contributed by atoms with Crippen molar-refractivity contribution < 1.29 is 14.7 Å². The zero-order valence-electron chi connectivity index (χ0n) is 12.7. The topological polar surface area (TPSA) is 69.6 Å². The lowest BCUT2D eigenvalue weighted by Gasteiger charge is -2.26. The molecule has 0 aliphatic carbocycles. The van der Waals surface area contributed by atoms with Gasteiger partial charge in [-0.25, -0.2) is 0 Å². The maximum atomic E-state index is 11.2. The summed E-state index contributed by atoms with van der Waals surface area (Å²) in [6, 6.07) is 6.96. The fourth-order valence-corrected chi connectivity index (χ4v) is 2.86. The molecule has 1 rings (SSSR count). The van der Waals surface area contributed by atoms with Crippen LogP contribution in [-0.4, -0.2) is 53.3 Å². The monoisotopic (exact) mass is 344 g/mol. The van der Waals surface area contributed by atoms with Gasteiger partial charge in [0.1, 0.15) is 6.04 Å². The largest absolute Gasteiger partial charge is 0.480 e. The summed E-state index contributed by atoms with van der Waals surface area (Å²) in [4.78, 5) is 25.0. The maximum absolute atomic E-state index is 11.2. The summed E-state index contributed by atoms with van der Waals surface area (Å²) in [6.07, 6.45) is 0. The maximum Gasteiger partial charge on any atom is 0.320 e. The molecule has 1 atom stereocenters. The van der Waals surface area contributed by atoms with Crippen LogP contribution in [0.15, 0.2) is 29.2 Å². The van der Waals surface area contributed by atoms with Crippen LogP contribution in [0.5, 0.6) is 0 Å². The van der Waals surface area contributed by atoms with E-state index in [4.69, 9.17) is 16.7 Å². The number of hydrogen-bond acceptors (Lipinski definition) is 4. The molecule has 1 amide bonds. The Morgan fingerprint density at radius 3 is 2.50 bits per heavy atom. The molecule has 0 radical (unpaired) electrons. The number of aliphatic carboxylic acids is 1. The number of carbonyl (C=O) groups excluding carboxylic acids is 1. The summed E-state index contributed by atoms with van der Waals surface area (Å²) in [6.45, 7) is 4.68. The van der Waals surface area contributed by atoms with E-state index >= 15 is 0 Å². The molecule has 0 aliphatic heterocycles. The number of rotatable bonds is 9. The fraction of sp³-hybridized carbons (Fsp3) is 0.467. The van der Waals surface area contributed by atoms with Gasteiger partial charge in [-0.3, -0.25) is 14.5 Å². The standard InChI is InChI=1S/C15H21ClN2O3S/c1-11(15(20)21)18(8-7-17-12(2)19)9-10-22-14-5-3-13(16)4-6-14/h3-6,11H,7-10H2,1-2H3,(H,17,19)(H,20,21). The Balaban J connectivity index is 2.47. The Kier molecular flexibility index (Phi) is 8.30. The predicted octanol–water partition coefficient (Wildman–Crippen LogP) is 2.34. The Morgan fingerprint density at radius 1 is 1.32 bits per heavy atom. The lowest BCUT2D eigenvalue weighted by molar-refractivity contribution is -0.142. The third-order valence-electron chi connectivity index (χ3n) is 3.14. The highest BCUT2D eigenvalue weighted by atomic mass is 35.5. The SMILES string of the molecule is CC(=O)NCCN(CCSc1ccc(Cl)cc1)C(C)C(=O)O. The molecule has 0 saturated carbocycles. The van der Waals surface area contributed by atoms with E-state index in [1.165, 1.54) is 6.92 Å². The number of carboxylic acid groups (broad SMARTS) is 1. The molecule has 0 fully saturated rings. The summed E-state index contributed by atoms with van der Waals surface area (Å²) in [5, 5.41) is 12.5. The van der Waals surface area contributed by atoms with E-state index in [2.05, 4.69) is 5.32 Å². The number of amides is 1. The number of hydrogen-bond donors (Lipinski definition) is 2. The Morgan fingerprint density at radius 2 is 1.95 bits per heavy atom. The van der Waals surface area contributed by atoms with Gasteiger partial charge in [-0.1, -0.05) is 11.6 Å². The first-order chi connectivity index (χ1) is 10.4. The van der Waals surface area contributed by atoms with Gasteiger partial charge in [-0.2, -0.15) is 0 Å². The van der Waals surface area contributed by atoms with Gasteiger partial charge in [0.2, 0.25) is 5.91 Å². The first-order valence-corrected chi connectivity index (χ1v) is 8.36. The molecule has 1 aromatic rings. The van der Waals surface area contributed by atoms with Crippen molar-refractivity contribution in [1.29, 1.82) is 0 Å². The molecule has 22 heavy (non-hydrogen) atoms. The van der Waals surface area contributed by atoms with E-state index in [1.807, 2.05) is 29.2 Å². The van der Waals surface area contributed by atoms with Crippen LogP contribution < -0.4 is 5.32 Å². The summed E-state index contributed by atoms with van der Waals surface area (Å²) in [7, 11) is 0. The average Bonchev–Trinajstić information content (AvgIpc) is 2.46. The van der Waals surface area contributed by atoms with Gasteiger partial charge < -0.3 is 10.4 Å². The molecular formula is C15H21ClN2O3S. The molecule has 2 N–H and O–H groups in total. The van der Waals surface area contributed by atoms with Gasteiger partial charge >= 0.3 is 5.97 Å². The average molecular weight is 345 g/mol. The fourth-order valence-electron chi connectivity index (χ4n) is 1.84. The minimum absolute atomic E-state index is 0.113. The van der Waals surface area contributed by atoms with Gasteiger partial charge in [0.25, 0.3) is 0 Å². The summed E-state index contributed by atoms with van der Waals surface area (Å²) in [5.41, 5.74) is 0. The van der Waals surface area contributed by atoms with Crippen LogP contribution in [-0.2, 0) is 9.59 Å². The highest BCUT2D eigenvalue weighted by Gasteiger charge is 2.19. The number of carboxylic acids is 1. The number of carbonyl (C=O) groups is 2. The lowest BCUT2D eigenvalue weighted by Crippen LogP contribution is -2.44. The quantitative estimate of drug-likeness (QED) is 0.673. The zero-order chi connectivity index (χ0) is 16.5. The van der Waals surface area contributed by atoms with Crippen molar-refractivity contribution in [2.24, 2.45) is 0 Å². The molecule has 122 valence electrons. The highest BCUT2D eigenvalue weighted by Crippen LogP contribution is 2.20. The van der Waals surface area contributed by atoms with Crippen molar-refractivity contribution >= 4 is 35.2 Å². The summed E-state index contributed by atoms with van der Waals surface area (Å²) >= 11 is 7.48. The Bertz CT molecular complexity index is 496. The van der Waals surface area contributed by atoms with E-state index in [-0.39, 0.29) is 5.91 Å². The first kappa shape index (κ1) is 18.8. The van der Waals surface area contributed by atoms with Gasteiger partial charge in [-0.15, -0.1) is 11.8 Å². The van der Waals surface area contributed by atoms with Crippen LogP contribution in [0.2, 0.25) is 5.02 Å². The van der Waals surface area contributed by atoms with Gasteiger partial charge in [0.15, 0.2) is 0 Å². The lowest BCUT2D eigenvalue weighted by atomic mass is 10.3. The normalized spacial score (nSPS) is 12.2. The number of nitrogens with one attached hydrogen (secondary N) is 1. The van der Waals surface area contributed by atoms with Crippen molar-refractivity contribution in [3.63, 3.8) is 0 Å².